The van der Waals surface area contributed by atoms with E-state index in [1.165, 1.54) is 6.07 Å². The van der Waals surface area contributed by atoms with Crippen molar-refractivity contribution in [3.8, 4) is 0 Å². The largest absolute Gasteiger partial charge is 0.322 e. The molecule has 0 radical (unpaired) electrons. The van der Waals surface area contributed by atoms with Crippen molar-refractivity contribution in [1.29, 1.82) is 0 Å². The van der Waals surface area contributed by atoms with E-state index in [0.717, 1.165) is 5.56 Å². The van der Waals surface area contributed by atoms with E-state index in [4.69, 9.17) is 0 Å². The first kappa shape index (κ1) is 19.1. The average Bonchev–Trinajstić information content (AvgIpc) is 2.59. The maximum atomic E-state index is 12.5. The van der Waals surface area contributed by atoms with Crippen LogP contribution in [0.1, 0.15) is 36.7 Å². The van der Waals surface area contributed by atoms with Crippen molar-refractivity contribution in [2.75, 3.05) is 5.32 Å². The van der Waals surface area contributed by atoms with Crippen molar-refractivity contribution < 1.29 is 17.8 Å². The first-order valence-electron chi connectivity index (χ1n) is 8.48. The van der Waals surface area contributed by atoms with Gasteiger partial charge in [-0.05, 0) is 40.6 Å². The Balaban J connectivity index is 1.96. The van der Waals surface area contributed by atoms with Gasteiger partial charge in [0.15, 0.2) is 0 Å². The van der Waals surface area contributed by atoms with Gasteiger partial charge in [-0.15, -0.1) is 0 Å². The van der Waals surface area contributed by atoms with Gasteiger partial charge >= 0.3 is 0 Å². The van der Waals surface area contributed by atoms with Crippen LogP contribution in [0.4, 0.5) is 5.69 Å². The smallest absolute Gasteiger partial charge is 0.295 e. The van der Waals surface area contributed by atoms with E-state index in [1.807, 2.05) is 12.1 Å². The molecule has 27 heavy (non-hydrogen) atoms. The second-order valence-corrected chi connectivity index (χ2v) is 8.84. The standard InChI is InChI=1S/C21H21NO4S/c1-21(2,3)16-10-8-14(9-11-16)20(23)22-17-12-15-6-4-5-7-18(15)19(13-17)27(24,25)26/h4-13H,1-3H3,(H,22,23)(H,24,25,26). The molecule has 0 spiro atoms. The highest BCUT2D eigenvalue weighted by Gasteiger charge is 2.17. The van der Waals surface area contributed by atoms with Crippen LogP contribution >= 0.6 is 0 Å². The van der Waals surface area contributed by atoms with Crippen LogP contribution in [0.3, 0.4) is 0 Å². The molecule has 0 unspecified atom stereocenters. The van der Waals surface area contributed by atoms with E-state index < -0.39 is 10.1 Å². The summed E-state index contributed by atoms with van der Waals surface area (Å²) in [5.41, 5.74) is 1.85. The maximum Gasteiger partial charge on any atom is 0.295 e. The Hall–Kier alpha value is -2.70. The van der Waals surface area contributed by atoms with E-state index in [1.54, 1.807) is 42.5 Å². The Bertz CT molecular complexity index is 1110. The summed E-state index contributed by atoms with van der Waals surface area (Å²) in [5, 5.41) is 3.71. The van der Waals surface area contributed by atoms with Gasteiger partial charge in [-0.1, -0.05) is 57.2 Å². The van der Waals surface area contributed by atoms with Crippen LogP contribution in [-0.4, -0.2) is 18.9 Å². The molecule has 0 fully saturated rings. The minimum absolute atomic E-state index is 0.0161. The number of carbonyl (C=O) groups is 1. The Labute approximate surface area is 158 Å². The highest BCUT2D eigenvalue weighted by Crippen LogP contribution is 2.28. The summed E-state index contributed by atoms with van der Waals surface area (Å²) in [4.78, 5) is 12.3. The predicted molar refractivity (Wildman–Crippen MR) is 107 cm³/mol. The minimum atomic E-state index is -4.43. The quantitative estimate of drug-likeness (QED) is 0.646. The lowest BCUT2D eigenvalue weighted by molar-refractivity contribution is 0.102. The van der Waals surface area contributed by atoms with Crippen molar-refractivity contribution >= 4 is 32.5 Å². The van der Waals surface area contributed by atoms with E-state index in [9.17, 15) is 17.8 Å². The molecule has 3 aromatic rings. The van der Waals surface area contributed by atoms with Crippen LogP contribution in [0, 0.1) is 0 Å². The second kappa shape index (κ2) is 6.79. The van der Waals surface area contributed by atoms with Crippen molar-refractivity contribution in [1.82, 2.24) is 0 Å². The van der Waals surface area contributed by atoms with Gasteiger partial charge in [0.1, 0.15) is 4.90 Å². The number of benzene rings is 3. The molecule has 0 aliphatic rings. The summed E-state index contributed by atoms with van der Waals surface area (Å²) in [6.07, 6.45) is 0. The van der Waals surface area contributed by atoms with E-state index in [2.05, 4.69) is 26.1 Å². The van der Waals surface area contributed by atoms with Gasteiger partial charge in [0.05, 0.1) is 0 Å². The summed E-state index contributed by atoms with van der Waals surface area (Å²) in [6.45, 7) is 6.27. The first-order chi connectivity index (χ1) is 12.6. The van der Waals surface area contributed by atoms with Crippen LogP contribution < -0.4 is 5.32 Å². The molecular weight excluding hydrogens is 362 g/mol. The lowest BCUT2D eigenvalue weighted by Crippen LogP contribution is -2.14. The van der Waals surface area contributed by atoms with Gasteiger partial charge in [-0.3, -0.25) is 9.35 Å². The van der Waals surface area contributed by atoms with E-state index in [-0.39, 0.29) is 16.2 Å². The minimum Gasteiger partial charge on any atom is -0.322 e. The molecule has 2 N–H and O–H groups in total. The van der Waals surface area contributed by atoms with Crippen molar-refractivity contribution in [2.45, 2.75) is 31.1 Å². The third kappa shape index (κ3) is 4.18. The Morgan fingerprint density at radius 1 is 0.963 bits per heavy atom. The number of rotatable bonds is 3. The highest BCUT2D eigenvalue weighted by atomic mass is 32.2. The molecule has 0 aliphatic carbocycles. The van der Waals surface area contributed by atoms with Crippen LogP contribution in [0.25, 0.3) is 10.8 Å². The van der Waals surface area contributed by atoms with Crippen LogP contribution in [0.2, 0.25) is 0 Å². The zero-order valence-electron chi connectivity index (χ0n) is 15.4. The lowest BCUT2D eigenvalue weighted by Gasteiger charge is -2.19. The Morgan fingerprint density at radius 3 is 2.19 bits per heavy atom. The molecule has 5 nitrogen and oxygen atoms in total. The highest BCUT2D eigenvalue weighted by molar-refractivity contribution is 7.86. The monoisotopic (exact) mass is 383 g/mol. The number of carbonyl (C=O) groups excluding carboxylic acids is 1. The third-order valence-corrected chi connectivity index (χ3v) is 5.27. The number of nitrogens with one attached hydrogen (secondary N) is 1. The van der Waals surface area contributed by atoms with Crippen LogP contribution in [0.15, 0.2) is 65.6 Å². The van der Waals surface area contributed by atoms with Crippen LogP contribution in [-0.2, 0) is 15.5 Å². The van der Waals surface area contributed by atoms with Gasteiger partial charge < -0.3 is 5.32 Å². The average molecular weight is 383 g/mol. The zero-order chi connectivity index (χ0) is 19.8. The molecule has 1 amide bonds. The number of anilines is 1. The molecule has 0 bridgehead atoms. The number of hydrogen-bond acceptors (Lipinski definition) is 3. The fraction of sp³-hybridized carbons (Fsp3) is 0.190. The molecule has 0 saturated heterocycles. The number of fused-ring (bicyclic) bond motifs is 1. The van der Waals surface area contributed by atoms with Crippen molar-refractivity contribution in [3.05, 3.63) is 71.8 Å². The maximum absolute atomic E-state index is 12.5. The van der Waals surface area contributed by atoms with E-state index >= 15 is 0 Å². The molecule has 0 saturated carbocycles. The topological polar surface area (TPSA) is 83.5 Å². The fourth-order valence-corrected chi connectivity index (χ4v) is 3.63. The summed E-state index contributed by atoms with van der Waals surface area (Å²) < 4.78 is 33.0. The molecule has 0 aromatic heterocycles. The summed E-state index contributed by atoms with van der Waals surface area (Å²) in [5.74, 6) is -0.355. The molecule has 0 heterocycles. The lowest BCUT2D eigenvalue weighted by atomic mass is 9.87. The van der Waals surface area contributed by atoms with Gasteiger partial charge in [0.2, 0.25) is 0 Å². The SMILES string of the molecule is CC(C)(C)c1ccc(C(=O)Nc2cc(S(=O)(=O)O)c3ccccc3c2)cc1. The number of hydrogen-bond donors (Lipinski definition) is 2. The van der Waals surface area contributed by atoms with Gasteiger partial charge in [0, 0.05) is 16.6 Å². The van der Waals surface area contributed by atoms with Crippen LogP contribution in [0.5, 0.6) is 0 Å². The molecule has 0 atom stereocenters. The normalized spacial score (nSPS) is 12.1. The van der Waals surface area contributed by atoms with Gasteiger partial charge in [-0.25, -0.2) is 0 Å². The fourth-order valence-electron chi connectivity index (χ4n) is 2.89. The summed E-state index contributed by atoms with van der Waals surface area (Å²) in [6, 6.07) is 17.0. The van der Waals surface area contributed by atoms with Crippen molar-refractivity contribution in [3.63, 3.8) is 0 Å². The molecule has 6 heteroatoms. The second-order valence-electron chi connectivity index (χ2n) is 7.45. The van der Waals surface area contributed by atoms with Crippen molar-refractivity contribution in [2.24, 2.45) is 0 Å². The third-order valence-electron chi connectivity index (χ3n) is 4.37. The molecule has 0 aliphatic heterocycles. The summed E-state index contributed by atoms with van der Waals surface area (Å²) >= 11 is 0. The predicted octanol–water partition coefficient (Wildman–Crippen LogP) is 4.64. The van der Waals surface area contributed by atoms with Gasteiger partial charge in [-0.2, -0.15) is 8.42 Å². The molecule has 3 rings (SSSR count). The first-order valence-corrected chi connectivity index (χ1v) is 9.92. The molecule has 3 aromatic carbocycles. The number of amides is 1. The zero-order valence-corrected chi connectivity index (χ0v) is 16.2. The van der Waals surface area contributed by atoms with E-state index in [0.29, 0.717) is 22.0 Å². The molecule has 140 valence electrons. The molecular formula is C21H21NO4S. The Morgan fingerprint density at radius 2 is 1.59 bits per heavy atom. The summed E-state index contributed by atoms with van der Waals surface area (Å²) in [7, 11) is -4.43. The Kier molecular flexibility index (Phi) is 4.80. The van der Waals surface area contributed by atoms with Gasteiger partial charge in [0.25, 0.3) is 16.0 Å².